The molecular formula is C11H14ClNO2. The molecule has 1 aliphatic heterocycles. The van der Waals surface area contributed by atoms with E-state index < -0.39 is 11.7 Å². The average Bonchev–Trinajstić information content (AvgIpc) is 2.23. The van der Waals surface area contributed by atoms with Crippen molar-refractivity contribution in [2.75, 3.05) is 13.1 Å². The lowest BCUT2D eigenvalue weighted by Gasteiger charge is -2.37. The van der Waals surface area contributed by atoms with Gasteiger partial charge < -0.3 is 15.5 Å². The summed E-state index contributed by atoms with van der Waals surface area (Å²) in [4.78, 5) is 0. The lowest BCUT2D eigenvalue weighted by molar-refractivity contribution is -0.0976. The van der Waals surface area contributed by atoms with E-state index in [4.69, 9.17) is 11.6 Å². The summed E-state index contributed by atoms with van der Waals surface area (Å²) >= 11 is 5.78. The number of piperidine rings is 1. The molecule has 2 rings (SSSR count). The second-order valence-corrected chi connectivity index (χ2v) is 4.34. The summed E-state index contributed by atoms with van der Waals surface area (Å²) in [6.07, 6.45) is -0.261. The van der Waals surface area contributed by atoms with Crippen molar-refractivity contribution in [1.82, 2.24) is 5.32 Å². The molecule has 1 aliphatic rings. The fraction of sp³-hybridized carbons (Fsp3) is 0.455. The molecule has 0 aliphatic carbocycles. The van der Waals surface area contributed by atoms with E-state index in [1.165, 1.54) is 0 Å². The first-order valence-corrected chi connectivity index (χ1v) is 5.38. The van der Waals surface area contributed by atoms with Crippen LogP contribution in [0.15, 0.2) is 24.3 Å². The first-order valence-electron chi connectivity index (χ1n) is 5.00. The molecule has 1 aromatic rings. The first kappa shape index (κ1) is 10.9. The molecule has 1 heterocycles. The highest BCUT2D eigenvalue weighted by Gasteiger charge is 2.39. The molecule has 2 atom stereocenters. The number of β-amino-alcohol motifs (C(OH)–C–C–N with tert-alkyl or cyclic N) is 1. The van der Waals surface area contributed by atoms with Crippen LogP contribution in [0.3, 0.4) is 0 Å². The number of nitrogens with one attached hydrogen (secondary N) is 1. The second-order valence-electron chi connectivity index (χ2n) is 3.90. The fourth-order valence-electron chi connectivity index (χ4n) is 1.93. The van der Waals surface area contributed by atoms with Gasteiger partial charge in [-0.05, 0) is 30.7 Å². The molecule has 4 heteroatoms. The summed E-state index contributed by atoms with van der Waals surface area (Å²) in [6.45, 7) is 1.12. The Kier molecular flexibility index (Phi) is 2.98. The SMILES string of the molecule is OC1CNCCC1(O)c1ccc(Cl)cc1. The molecule has 1 fully saturated rings. The van der Waals surface area contributed by atoms with Crippen molar-refractivity contribution in [2.45, 2.75) is 18.1 Å². The van der Waals surface area contributed by atoms with Crippen LogP contribution in [0.4, 0.5) is 0 Å². The van der Waals surface area contributed by atoms with E-state index in [0.29, 0.717) is 24.5 Å². The number of hydrogen-bond acceptors (Lipinski definition) is 3. The van der Waals surface area contributed by atoms with Crippen molar-refractivity contribution < 1.29 is 10.2 Å². The highest BCUT2D eigenvalue weighted by molar-refractivity contribution is 6.30. The molecule has 15 heavy (non-hydrogen) atoms. The zero-order valence-corrected chi connectivity index (χ0v) is 9.04. The zero-order chi connectivity index (χ0) is 10.9. The molecule has 3 nitrogen and oxygen atoms in total. The predicted molar refractivity (Wildman–Crippen MR) is 58.8 cm³/mol. The number of aliphatic hydroxyl groups is 2. The molecule has 1 saturated heterocycles. The van der Waals surface area contributed by atoms with Gasteiger partial charge in [-0.3, -0.25) is 0 Å². The molecule has 3 N–H and O–H groups in total. The molecule has 0 radical (unpaired) electrons. The van der Waals surface area contributed by atoms with Crippen molar-refractivity contribution in [2.24, 2.45) is 0 Å². The Hall–Kier alpha value is -0.610. The Balaban J connectivity index is 2.30. The molecular weight excluding hydrogens is 214 g/mol. The van der Waals surface area contributed by atoms with Gasteiger partial charge in [0.05, 0.1) is 6.10 Å². The van der Waals surface area contributed by atoms with Crippen LogP contribution >= 0.6 is 11.6 Å². The number of benzene rings is 1. The monoisotopic (exact) mass is 227 g/mol. The van der Waals surface area contributed by atoms with Crippen LogP contribution in [0.1, 0.15) is 12.0 Å². The van der Waals surface area contributed by atoms with Gasteiger partial charge >= 0.3 is 0 Å². The molecule has 82 valence electrons. The van der Waals surface area contributed by atoms with E-state index in [1.54, 1.807) is 24.3 Å². The molecule has 2 unspecified atom stereocenters. The van der Waals surface area contributed by atoms with E-state index in [9.17, 15) is 10.2 Å². The van der Waals surface area contributed by atoms with Crippen LogP contribution in [0.5, 0.6) is 0 Å². The number of aliphatic hydroxyl groups excluding tert-OH is 1. The van der Waals surface area contributed by atoms with E-state index in [-0.39, 0.29) is 0 Å². The summed E-state index contributed by atoms with van der Waals surface area (Å²) in [5.74, 6) is 0. The predicted octanol–water partition coefficient (Wildman–Crippen LogP) is 0.882. The van der Waals surface area contributed by atoms with Gasteiger partial charge in [0.2, 0.25) is 0 Å². The Morgan fingerprint density at radius 1 is 1.33 bits per heavy atom. The lowest BCUT2D eigenvalue weighted by atomic mass is 9.83. The quantitative estimate of drug-likeness (QED) is 0.668. The highest BCUT2D eigenvalue weighted by Crippen LogP contribution is 2.31. The third-order valence-corrected chi connectivity index (χ3v) is 3.17. The average molecular weight is 228 g/mol. The van der Waals surface area contributed by atoms with Crippen LogP contribution in [-0.4, -0.2) is 29.4 Å². The van der Waals surface area contributed by atoms with Crippen LogP contribution in [0.25, 0.3) is 0 Å². The van der Waals surface area contributed by atoms with Gasteiger partial charge in [0, 0.05) is 11.6 Å². The fourth-order valence-corrected chi connectivity index (χ4v) is 2.05. The maximum Gasteiger partial charge on any atom is 0.118 e. The summed E-state index contributed by atoms with van der Waals surface area (Å²) in [5.41, 5.74) is -0.420. The van der Waals surface area contributed by atoms with E-state index >= 15 is 0 Å². The molecule has 1 aromatic carbocycles. The van der Waals surface area contributed by atoms with Crippen LogP contribution in [0, 0.1) is 0 Å². The van der Waals surface area contributed by atoms with Gasteiger partial charge in [0.15, 0.2) is 0 Å². The maximum atomic E-state index is 10.4. The third-order valence-electron chi connectivity index (χ3n) is 2.92. The van der Waals surface area contributed by atoms with Gasteiger partial charge in [-0.2, -0.15) is 0 Å². The van der Waals surface area contributed by atoms with Crippen molar-refractivity contribution in [3.05, 3.63) is 34.9 Å². The van der Waals surface area contributed by atoms with Gasteiger partial charge in [-0.25, -0.2) is 0 Å². The minimum Gasteiger partial charge on any atom is -0.388 e. The largest absolute Gasteiger partial charge is 0.388 e. The standard InChI is InChI=1S/C11H14ClNO2/c12-9-3-1-8(2-4-9)11(15)5-6-13-7-10(11)14/h1-4,10,13-15H,5-7H2. The summed E-state index contributed by atoms with van der Waals surface area (Å²) in [5, 5.41) is 23.8. The molecule has 0 spiro atoms. The normalized spacial score (nSPS) is 31.5. The molecule has 0 aromatic heterocycles. The van der Waals surface area contributed by atoms with Crippen LogP contribution in [-0.2, 0) is 5.60 Å². The third kappa shape index (κ3) is 2.01. The highest BCUT2D eigenvalue weighted by atomic mass is 35.5. The van der Waals surface area contributed by atoms with Crippen LogP contribution < -0.4 is 5.32 Å². The van der Waals surface area contributed by atoms with Gasteiger partial charge in [0.25, 0.3) is 0 Å². The minimum atomic E-state index is -1.14. The summed E-state index contributed by atoms with van der Waals surface area (Å²) in [6, 6.07) is 6.97. The second kappa shape index (κ2) is 4.10. The van der Waals surface area contributed by atoms with Gasteiger partial charge in [-0.1, -0.05) is 23.7 Å². The Labute approximate surface area is 93.7 Å². The smallest absolute Gasteiger partial charge is 0.118 e. The van der Waals surface area contributed by atoms with E-state index in [2.05, 4.69) is 5.32 Å². The minimum absolute atomic E-state index is 0.416. The maximum absolute atomic E-state index is 10.4. The molecule has 0 bridgehead atoms. The number of halogens is 1. The van der Waals surface area contributed by atoms with Crippen LogP contribution in [0.2, 0.25) is 5.02 Å². The zero-order valence-electron chi connectivity index (χ0n) is 8.28. The Bertz CT molecular complexity index is 341. The Morgan fingerprint density at radius 2 is 2.00 bits per heavy atom. The van der Waals surface area contributed by atoms with E-state index in [0.717, 1.165) is 5.56 Å². The first-order chi connectivity index (χ1) is 7.13. The van der Waals surface area contributed by atoms with Gasteiger partial charge in [0.1, 0.15) is 5.60 Å². The number of rotatable bonds is 1. The van der Waals surface area contributed by atoms with Crippen molar-refractivity contribution in [1.29, 1.82) is 0 Å². The van der Waals surface area contributed by atoms with Crippen molar-refractivity contribution in [3.63, 3.8) is 0 Å². The summed E-state index contributed by atoms with van der Waals surface area (Å²) < 4.78 is 0. The molecule has 0 amide bonds. The van der Waals surface area contributed by atoms with Crippen molar-refractivity contribution >= 4 is 11.6 Å². The Morgan fingerprint density at radius 3 is 2.60 bits per heavy atom. The topological polar surface area (TPSA) is 52.5 Å². The lowest BCUT2D eigenvalue weighted by Crippen LogP contribution is -2.51. The van der Waals surface area contributed by atoms with Crippen molar-refractivity contribution in [3.8, 4) is 0 Å². The number of hydrogen-bond donors (Lipinski definition) is 3. The summed E-state index contributed by atoms with van der Waals surface area (Å²) in [7, 11) is 0. The molecule has 0 saturated carbocycles. The van der Waals surface area contributed by atoms with Gasteiger partial charge in [-0.15, -0.1) is 0 Å². The van der Waals surface area contributed by atoms with E-state index in [1.807, 2.05) is 0 Å².